The number of carbonyl (C=O) groups excluding carboxylic acids is 2. The van der Waals surface area contributed by atoms with Gasteiger partial charge in [-0.05, 0) is 72.8 Å². The van der Waals surface area contributed by atoms with Crippen LogP contribution in [0.5, 0.6) is 0 Å². The fourth-order valence-corrected chi connectivity index (χ4v) is 4.04. The van der Waals surface area contributed by atoms with E-state index in [2.05, 4.69) is 34.3 Å². The molecule has 0 unspecified atom stereocenters. The lowest BCUT2D eigenvalue weighted by molar-refractivity contribution is 0.102. The molecule has 0 atom stereocenters. The molecule has 4 N–H and O–H groups in total. The fourth-order valence-electron chi connectivity index (χ4n) is 4.04. The summed E-state index contributed by atoms with van der Waals surface area (Å²) in [5, 5.41) is 5.71. The summed E-state index contributed by atoms with van der Waals surface area (Å²) in [7, 11) is 0. The van der Waals surface area contributed by atoms with Gasteiger partial charge in [0.05, 0.1) is 16.8 Å². The Hall–Kier alpha value is -6.04. The van der Waals surface area contributed by atoms with Gasteiger partial charge in [-0.2, -0.15) is 0 Å². The lowest BCUT2D eigenvalue weighted by Crippen LogP contribution is -2.19. The van der Waals surface area contributed by atoms with Gasteiger partial charge in [0.2, 0.25) is 0 Å². The molecule has 0 bridgehead atoms. The predicted molar refractivity (Wildman–Crippen MR) is 164 cm³/mol. The zero-order valence-corrected chi connectivity index (χ0v) is 22.0. The number of hydrogen-bond acceptors (Lipinski definition) is 3. The van der Waals surface area contributed by atoms with Crippen molar-refractivity contribution in [3.05, 3.63) is 161 Å². The summed E-state index contributed by atoms with van der Waals surface area (Å²) >= 11 is 0. The summed E-state index contributed by atoms with van der Waals surface area (Å²) in [6.07, 6.45) is 0. The molecule has 0 saturated heterocycles. The van der Waals surface area contributed by atoms with Crippen LogP contribution in [-0.4, -0.2) is 11.8 Å². The number of nitrogens with two attached hydrogens (primary N) is 1. The van der Waals surface area contributed by atoms with E-state index in [1.165, 1.54) is 0 Å². The highest BCUT2D eigenvalue weighted by Crippen LogP contribution is 2.22. The summed E-state index contributed by atoms with van der Waals surface area (Å²) in [5.41, 5.74) is 11.2. The third kappa shape index (κ3) is 7.09. The third-order valence-electron chi connectivity index (χ3n) is 6.09. The molecule has 5 aromatic carbocycles. The highest BCUT2D eigenvalue weighted by molar-refractivity contribution is 6.14. The summed E-state index contributed by atoms with van der Waals surface area (Å²) in [6, 6.07) is 38.6. The fraction of sp³-hybridized carbons (Fsp3) is 0. The lowest BCUT2D eigenvalue weighted by atomic mass is 10.1. The maximum Gasteiger partial charge on any atom is 0.257 e. The molecule has 5 rings (SSSR count). The maximum atomic E-state index is 13.1. The van der Waals surface area contributed by atoms with Gasteiger partial charge in [-0.1, -0.05) is 78.3 Å². The monoisotopic (exact) mass is 531 g/mol. The molecule has 2 amide bonds. The first-order valence-electron chi connectivity index (χ1n) is 12.9. The molecule has 0 spiro atoms. The molecule has 5 heteroatoms. The van der Waals surface area contributed by atoms with E-state index in [-0.39, 0.29) is 16.8 Å². The molecule has 0 heterocycles. The minimum Gasteiger partial charge on any atom is -0.397 e. The van der Waals surface area contributed by atoms with Crippen LogP contribution in [0, 0.1) is 23.7 Å². The van der Waals surface area contributed by atoms with E-state index in [1.54, 1.807) is 42.5 Å². The molecule has 196 valence electrons. The lowest BCUT2D eigenvalue weighted by Gasteiger charge is -2.12. The van der Waals surface area contributed by atoms with Gasteiger partial charge in [-0.25, -0.2) is 0 Å². The number of carbonyl (C=O) groups is 2. The molecule has 0 saturated carbocycles. The molecule has 0 radical (unpaired) electrons. The Morgan fingerprint density at radius 2 is 0.829 bits per heavy atom. The van der Waals surface area contributed by atoms with Gasteiger partial charge in [-0.3, -0.25) is 9.59 Å². The van der Waals surface area contributed by atoms with Crippen LogP contribution in [0.3, 0.4) is 0 Å². The van der Waals surface area contributed by atoms with Crippen molar-refractivity contribution >= 4 is 28.9 Å². The van der Waals surface area contributed by atoms with Crippen LogP contribution >= 0.6 is 0 Å². The smallest absolute Gasteiger partial charge is 0.257 e. The molecule has 5 aromatic rings. The van der Waals surface area contributed by atoms with Crippen molar-refractivity contribution in [3.63, 3.8) is 0 Å². The number of amides is 2. The van der Waals surface area contributed by atoms with E-state index in [9.17, 15) is 9.59 Å². The highest BCUT2D eigenvalue weighted by Gasteiger charge is 2.17. The van der Waals surface area contributed by atoms with Crippen molar-refractivity contribution in [3.8, 4) is 23.7 Å². The average Bonchev–Trinajstić information content (AvgIpc) is 3.00. The highest BCUT2D eigenvalue weighted by atomic mass is 16.2. The Labute approximate surface area is 239 Å². The quantitative estimate of drug-likeness (QED) is 0.181. The zero-order valence-electron chi connectivity index (χ0n) is 22.0. The van der Waals surface area contributed by atoms with E-state index in [1.807, 2.05) is 84.9 Å². The number of anilines is 3. The summed E-state index contributed by atoms with van der Waals surface area (Å²) < 4.78 is 0. The van der Waals surface area contributed by atoms with Crippen molar-refractivity contribution in [1.82, 2.24) is 0 Å². The van der Waals surface area contributed by atoms with Crippen LogP contribution in [0.15, 0.2) is 127 Å². The van der Waals surface area contributed by atoms with Crippen molar-refractivity contribution in [1.29, 1.82) is 0 Å². The Balaban J connectivity index is 1.29. The molecule has 0 aromatic heterocycles. The maximum absolute atomic E-state index is 13.1. The first-order chi connectivity index (χ1) is 20.0. The van der Waals surface area contributed by atoms with Gasteiger partial charge in [0.1, 0.15) is 0 Å². The topological polar surface area (TPSA) is 84.2 Å². The molecular formula is C36H25N3O2. The average molecular weight is 532 g/mol. The normalized spacial score (nSPS) is 9.85. The summed E-state index contributed by atoms with van der Waals surface area (Å²) in [5.74, 6) is 11.6. The first-order valence-corrected chi connectivity index (χ1v) is 12.9. The van der Waals surface area contributed by atoms with Gasteiger partial charge < -0.3 is 16.4 Å². The van der Waals surface area contributed by atoms with Crippen molar-refractivity contribution < 1.29 is 9.59 Å². The largest absolute Gasteiger partial charge is 0.397 e. The number of rotatable bonds is 4. The van der Waals surface area contributed by atoms with Gasteiger partial charge in [0.25, 0.3) is 11.8 Å². The Kier molecular flexibility index (Phi) is 8.21. The Morgan fingerprint density at radius 1 is 0.463 bits per heavy atom. The van der Waals surface area contributed by atoms with Crippen molar-refractivity contribution in [2.24, 2.45) is 0 Å². The van der Waals surface area contributed by atoms with Gasteiger partial charge >= 0.3 is 0 Å². The second-order valence-electron chi connectivity index (χ2n) is 9.07. The molecule has 41 heavy (non-hydrogen) atoms. The minimum atomic E-state index is -0.427. The number of benzene rings is 5. The van der Waals surface area contributed by atoms with E-state index in [4.69, 9.17) is 5.73 Å². The SMILES string of the molecule is Nc1c(C(=O)Nc2cccc(C#Cc3ccccc3)c2)cccc1C(=O)Nc1cccc(C#Cc2ccccc2)c1. The number of hydrogen-bond donors (Lipinski definition) is 3. The van der Waals surface area contributed by atoms with E-state index in [0.29, 0.717) is 11.4 Å². The molecule has 0 fully saturated rings. The summed E-state index contributed by atoms with van der Waals surface area (Å²) in [6.45, 7) is 0. The molecular weight excluding hydrogens is 506 g/mol. The van der Waals surface area contributed by atoms with E-state index in [0.717, 1.165) is 22.3 Å². The van der Waals surface area contributed by atoms with Crippen molar-refractivity contribution in [2.75, 3.05) is 16.4 Å². The molecule has 0 aliphatic heterocycles. The van der Waals surface area contributed by atoms with Crippen LogP contribution in [0.1, 0.15) is 43.0 Å². The Morgan fingerprint density at radius 3 is 1.27 bits per heavy atom. The standard InChI is InChI=1S/C36H25N3O2/c37-34-32(35(40)38-30-16-7-14-28(24-30)22-20-26-10-3-1-4-11-26)18-9-19-33(34)36(41)39-31-17-8-15-29(25-31)23-21-27-12-5-2-6-13-27/h1-19,24-25H,37H2,(H,38,40)(H,39,41). The number of nitrogen functional groups attached to an aromatic ring is 1. The van der Waals surface area contributed by atoms with Crippen LogP contribution in [-0.2, 0) is 0 Å². The predicted octanol–water partition coefficient (Wildman–Crippen LogP) is 6.57. The molecule has 0 aliphatic carbocycles. The van der Waals surface area contributed by atoms with E-state index < -0.39 is 11.8 Å². The van der Waals surface area contributed by atoms with Crippen LogP contribution in [0.4, 0.5) is 17.1 Å². The van der Waals surface area contributed by atoms with Gasteiger partial charge in [0, 0.05) is 33.6 Å². The summed E-state index contributed by atoms with van der Waals surface area (Å²) in [4.78, 5) is 26.2. The first kappa shape index (κ1) is 26.6. The Bertz CT molecular complexity index is 1710. The zero-order chi connectivity index (χ0) is 28.4. The van der Waals surface area contributed by atoms with Gasteiger partial charge in [-0.15, -0.1) is 0 Å². The van der Waals surface area contributed by atoms with Crippen LogP contribution in [0.25, 0.3) is 0 Å². The van der Waals surface area contributed by atoms with Crippen LogP contribution < -0.4 is 16.4 Å². The van der Waals surface area contributed by atoms with E-state index >= 15 is 0 Å². The minimum absolute atomic E-state index is 0.0857. The van der Waals surface area contributed by atoms with Gasteiger partial charge in [0.15, 0.2) is 0 Å². The second-order valence-corrected chi connectivity index (χ2v) is 9.07. The van der Waals surface area contributed by atoms with Crippen LogP contribution in [0.2, 0.25) is 0 Å². The second kappa shape index (κ2) is 12.7. The molecule has 0 aliphatic rings. The number of para-hydroxylation sites is 1. The van der Waals surface area contributed by atoms with Crippen molar-refractivity contribution in [2.45, 2.75) is 0 Å². The number of nitrogens with one attached hydrogen (secondary N) is 2. The molecule has 5 nitrogen and oxygen atoms in total. The third-order valence-corrected chi connectivity index (χ3v) is 6.09.